The number of alkyl halides is 5. The third-order valence-corrected chi connectivity index (χ3v) is 11.2. The molecule has 2 heterocycles. The van der Waals surface area contributed by atoms with Crippen molar-refractivity contribution >= 4 is 14.8 Å². The fraction of sp³-hybridized carbons (Fsp3) is 0.950. The summed E-state index contributed by atoms with van der Waals surface area (Å²) in [6, 6.07) is 2.35. The van der Waals surface area contributed by atoms with Crippen LogP contribution in [0.1, 0.15) is 51.9 Å². The second kappa shape index (κ2) is 9.81. The van der Waals surface area contributed by atoms with Gasteiger partial charge in [0.25, 0.3) is 0 Å². The van der Waals surface area contributed by atoms with Gasteiger partial charge in [0, 0.05) is 20.6 Å². The average Bonchev–Trinajstić information content (AvgIpc) is 2.73. The van der Waals surface area contributed by atoms with Gasteiger partial charge < -0.3 is 14.2 Å². The number of hydrogen-bond donors (Lipinski definition) is 0. The third-order valence-electron chi connectivity index (χ3n) is 7.04. The van der Waals surface area contributed by atoms with Gasteiger partial charge in [-0.3, -0.25) is 0 Å². The first-order valence-electron chi connectivity index (χ1n) is 11.0. The summed E-state index contributed by atoms with van der Waals surface area (Å²) in [6.07, 6.45) is -1.45. The second-order valence-electron chi connectivity index (χ2n) is 9.00. The molecule has 3 rings (SSSR count). The molecule has 0 aromatic rings. The SMILES string of the molecule is CCC1COC(C2CC[SiH](C3CCC(OC(=O)C(F)(F)C(F)(F)F)CC3)CC2)OC1. The van der Waals surface area contributed by atoms with E-state index in [1.807, 2.05) is 0 Å². The van der Waals surface area contributed by atoms with Gasteiger partial charge in [0.1, 0.15) is 6.10 Å². The van der Waals surface area contributed by atoms with Crippen LogP contribution in [0.25, 0.3) is 0 Å². The molecule has 30 heavy (non-hydrogen) atoms. The maximum atomic E-state index is 13.1. The molecule has 0 N–H and O–H groups in total. The van der Waals surface area contributed by atoms with E-state index in [0.29, 0.717) is 30.2 Å². The first-order chi connectivity index (χ1) is 14.1. The maximum Gasteiger partial charge on any atom is 0.465 e. The minimum absolute atomic E-state index is 0.104. The zero-order valence-electron chi connectivity index (χ0n) is 17.3. The largest absolute Gasteiger partial charge is 0.465 e. The summed E-state index contributed by atoms with van der Waals surface area (Å²) in [6.45, 7) is 3.65. The van der Waals surface area contributed by atoms with Crippen molar-refractivity contribution in [1.29, 1.82) is 0 Å². The lowest BCUT2D eigenvalue weighted by Crippen LogP contribution is -2.46. The van der Waals surface area contributed by atoms with E-state index in [2.05, 4.69) is 11.7 Å². The van der Waals surface area contributed by atoms with E-state index in [4.69, 9.17) is 9.47 Å². The van der Waals surface area contributed by atoms with Gasteiger partial charge in [0.2, 0.25) is 0 Å². The molecule has 4 nitrogen and oxygen atoms in total. The molecule has 10 heteroatoms. The zero-order valence-corrected chi connectivity index (χ0v) is 18.4. The highest BCUT2D eigenvalue weighted by atomic mass is 28.3. The fourth-order valence-electron chi connectivity index (χ4n) is 4.97. The Kier molecular flexibility index (Phi) is 7.82. The standard InChI is InChI=1S/C20H31F5O4Si/c1-2-13-11-27-17(28-12-13)14-7-9-30(10-8-14)16-5-3-15(4-6-16)29-18(26)19(21,22)20(23,24)25/h13-17,30H,2-12H2,1H3. The van der Waals surface area contributed by atoms with E-state index in [9.17, 15) is 26.7 Å². The number of esters is 1. The first-order valence-corrected chi connectivity index (χ1v) is 13.3. The Morgan fingerprint density at radius 3 is 2.03 bits per heavy atom. The Bertz CT molecular complexity index is 564. The average molecular weight is 459 g/mol. The minimum Gasteiger partial charge on any atom is -0.458 e. The van der Waals surface area contributed by atoms with Crippen LogP contribution in [0.2, 0.25) is 17.6 Å². The summed E-state index contributed by atoms with van der Waals surface area (Å²) >= 11 is 0. The smallest absolute Gasteiger partial charge is 0.458 e. The molecular formula is C20H31F5O4Si. The summed E-state index contributed by atoms with van der Waals surface area (Å²) in [5, 5.41) is 0. The molecule has 2 saturated heterocycles. The quantitative estimate of drug-likeness (QED) is 0.328. The third kappa shape index (κ3) is 5.54. The van der Waals surface area contributed by atoms with E-state index >= 15 is 0 Å². The number of carbonyl (C=O) groups excluding carboxylic acids is 1. The first kappa shape index (κ1) is 23.9. The van der Waals surface area contributed by atoms with E-state index in [1.54, 1.807) is 0 Å². The fourth-order valence-corrected chi connectivity index (χ4v) is 9.25. The molecule has 0 aromatic heterocycles. The summed E-state index contributed by atoms with van der Waals surface area (Å²) in [4.78, 5) is 11.3. The van der Waals surface area contributed by atoms with Crippen molar-refractivity contribution in [3.05, 3.63) is 0 Å². The van der Waals surface area contributed by atoms with Gasteiger partial charge in [0.15, 0.2) is 6.29 Å². The molecule has 3 aliphatic rings. The minimum atomic E-state index is -5.92. The molecule has 0 amide bonds. The number of rotatable bonds is 5. The highest BCUT2D eigenvalue weighted by Crippen LogP contribution is 2.42. The molecule has 2 aliphatic heterocycles. The van der Waals surface area contributed by atoms with Crippen molar-refractivity contribution in [3.8, 4) is 0 Å². The van der Waals surface area contributed by atoms with E-state index in [-0.39, 0.29) is 6.29 Å². The van der Waals surface area contributed by atoms with Gasteiger partial charge in [-0.1, -0.05) is 19.0 Å². The monoisotopic (exact) mass is 458 g/mol. The molecule has 1 aliphatic carbocycles. The molecule has 0 spiro atoms. The van der Waals surface area contributed by atoms with Crippen molar-refractivity contribution in [2.24, 2.45) is 11.8 Å². The highest BCUT2D eigenvalue weighted by molar-refractivity contribution is 6.60. The van der Waals surface area contributed by atoms with Gasteiger partial charge in [-0.2, -0.15) is 22.0 Å². The zero-order chi connectivity index (χ0) is 21.9. The van der Waals surface area contributed by atoms with Crippen molar-refractivity contribution in [2.75, 3.05) is 13.2 Å². The Morgan fingerprint density at radius 1 is 0.967 bits per heavy atom. The van der Waals surface area contributed by atoms with Gasteiger partial charge >= 0.3 is 18.1 Å². The van der Waals surface area contributed by atoms with Gasteiger partial charge in [0.05, 0.1) is 13.2 Å². The van der Waals surface area contributed by atoms with Crippen molar-refractivity contribution < 1.29 is 41.0 Å². The predicted octanol–water partition coefficient (Wildman–Crippen LogP) is 5.08. The normalized spacial score (nSPS) is 36.3. The molecule has 1 saturated carbocycles. The van der Waals surface area contributed by atoms with Gasteiger partial charge in [-0.25, -0.2) is 4.79 Å². The van der Waals surface area contributed by atoms with Crippen LogP contribution in [0.5, 0.6) is 0 Å². The second-order valence-corrected chi connectivity index (χ2v) is 12.6. The lowest BCUT2D eigenvalue weighted by Gasteiger charge is -2.40. The Labute approximate surface area is 175 Å². The summed E-state index contributed by atoms with van der Waals surface area (Å²) in [7, 11) is -1.02. The van der Waals surface area contributed by atoms with Crippen LogP contribution in [-0.2, 0) is 19.0 Å². The van der Waals surface area contributed by atoms with Crippen LogP contribution < -0.4 is 0 Å². The maximum absolute atomic E-state index is 13.1. The lowest BCUT2D eigenvalue weighted by molar-refractivity contribution is -0.282. The van der Waals surface area contributed by atoms with Gasteiger partial charge in [-0.05, 0) is 50.5 Å². The summed E-state index contributed by atoms with van der Waals surface area (Å²) < 4.78 is 79.3. The van der Waals surface area contributed by atoms with Crippen LogP contribution in [-0.4, -0.2) is 52.5 Å². The van der Waals surface area contributed by atoms with Crippen molar-refractivity contribution in [3.63, 3.8) is 0 Å². The topological polar surface area (TPSA) is 44.8 Å². The molecule has 174 valence electrons. The number of hydrogen-bond acceptors (Lipinski definition) is 4. The Hall–Kier alpha value is -0.743. The highest BCUT2D eigenvalue weighted by Gasteiger charge is 2.65. The predicted molar refractivity (Wildman–Crippen MR) is 102 cm³/mol. The molecule has 0 aromatic carbocycles. The Morgan fingerprint density at radius 2 is 1.53 bits per heavy atom. The number of halogens is 5. The molecule has 0 unspecified atom stereocenters. The number of ether oxygens (including phenoxy) is 3. The summed E-state index contributed by atoms with van der Waals surface area (Å²) in [5.41, 5.74) is 0.529. The van der Waals surface area contributed by atoms with Crippen molar-refractivity contribution in [2.45, 2.75) is 94.0 Å². The number of carbonyl (C=O) groups is 1. The van der Waals surface area contributed by atoms with Crippen LogP contribution >= 0.6 is 0 Å². The molecular weight excluding hydrogens is 427 g/mol. The van der Waals surface area contributed by atoms with E-state index < -0.39 is 33.0 Å². The Balaban J connectivity index is 1.39. The molecule has 0 atom stereocenters. The van der Waals surface area contributed by atoms with Crippen LogP contribution in [0.3, 0.4) is 0 Å². The molecule has 0 radical (unpaired) electrons. The lowest BCUT2D eigenvalue weighted by atomic mass is 9.97. The van der Waals surface area contributed by atoms with Crippen molar-refractivity contribution in [1.82, 2.24) is 0 Å². The van der Waals surface area contributed by atoms with Crippen LogP contribution in [0.4, 0.5) is 22.0 Å². The molecule has 3 fully saturated rings. The summed E-state index contributed by atoms with van der Waals surface area (Å²) in [5.74, 6) is -7.02. The van der Waals surface area contributed by atoms with Crippen LogP contribution in [0, 0.1) is 11.8 Å². The molecule has 0 bridgehead atoms. The van der Waals surface area contributed by atoms with E-state index in [0.717, 1.165) is 45.3 Å². The van der Waals surface area contributed by atoms with E-state index in [1.165, 1.54) is 12.1 Å². The van der Waals surface area contributed by atoms with Crippen LogP contribution in [0.15, 0.2) is 0 Å². The van der Waals surface area contributed by atoms with Gasteiger partial charge in [-0.15, -0.1) is 0 Å².